The highest BCUT2D eigenvalue weighted by molar-refractivity contribution is 5.97. The maximum Gasteiger partial charge on any atom is 0.274 e. The molecule has 4 rings (SSSR count). The largest absolute Gasteiger partial charge is 0.497 e. The first kappa shape index (κ1) is 22.0. The van der Waals surface area contributed by atoms with Gasteiger partial charge in [0.2, 0.25) is 5.91 Å². The van der Waals surface area contributed by atoms with Crippen LogP contribution in [-0.2, 0) is 11.3 Å². The van der Waals surface area contributed by atoms with Gasteiger partial charge in [0.25, 0.3) is 11.8 Å². The van der Waals surface area contributed by atoms with E-state index < -0.39 is 0 Å². The fourth-order valence-corrected chi connectivity index (χ4v) is 3.55. The van der Waals surface area contributed by atoms with Crippen molar-refractivity contribution in [1.29, 1.82) is 0 Å². The van der Waals surface area contributed by atoms with E-state index in [1.54, 1.807) is 43.0 Å². The van der Waals surface area contributed by atoms with Gasteiger partial charge in [-0.25, -0.2) is 4.68 Å². The summed E-state index contributed by atoms with van der Waals surface area (Å²) in [5.41, 5.74) is 2.90. The number of nitrogens with one attached hydrogen (secondary N) is 2. The first-order valence-electron chi connectivity index (χ1n) is 10.5. The summed E-state index contributed by atoms with van der Waals surface area (Å²) in [6, 6.07) is 14.3. The zero-order chi connectivity index (χ0) is 23.4. The Hall–Kier alpha value is -4.21. The molecule has 2 aromatic carbocycles. The van der Waals surface area contributed by atoms with Gasteiger partial charge in [-0.05, 0) is 36.8 Å². The smallest absolute Gasteiger partial charge is 0.274 e. The third-order valence-corrected chi connectivity index (χ3v) is 5.39. The van der Waals surface area contributed by atoms with E-state index in [1.165, 1.54) is 4.90 Å². The number of hydrogen-bond donors (Lipinski definition) is 2. The summed E-state index contributed by atoms with van der Waals surface area (Å²) in [5.74, 6) is -0.0159. The van der Waals surface area contributed by atoms with Gasteiger partial charge in [0.05, 0.1) is 25.0 Å². The van der Waals surface area contributed by atoms with Crippen molar-refractivity contribution in [3.05, 3.63) is 71.0 Å². The van der Waals surface area contributed by atoms with Crippen LogP contribution in [0.4, 0.5) is 0 Å². The van der Waals surface area contributed by atoms with Crippen molar-refractivity contribution in [2.24, 2.45) is 0 Å². The van der Waals surface area contributed by atoms with Gasteiger partial charge in [0.1, 0.15) is 5.75 Å². The van der Waals surface area contributed by atoms with E-state index >= 15 is 0 Å². The maximum atomic E-state index is 12.7. The number of methoxy groups -OCH3 is 1. The van der Waals surface area contributed by atoms with Gasteiger partial charge in [-0.3, -0.25) is 14.4 Å². The molecule has 0 spiro atoms. The molecule has 3 amide bonds. The Bertz CT molecular complexity index is 1190. The predicted octanol–water partition coefficient (Wildman–Crippen LogP) is 1.09. The van der Waals surface area contributed by atoms with E-state index in [0.29, 0.717) is 30.1 Å². The van der Waals surface area contributed by atoms with Crippen LogP contribution >= 0.6 is 0 Å². The maximum absolute atomic E-state index is 12.7. The SMILES string of the molecule is COc1cccc(-n2nnc(C(=O)NCc3ccc(C(=O)N4CCNC(=O)C4)cc3)c2C)c1. The van der Waals surface area contributed by atoms with Crippen molar-refractivity contribution in [2.45, 2.75) is 13.5 Å². The number of rotatable bonds is 6. The lowest BCUT2D eigenvalue weighted by molar-refractivity contribution is -0.123. The van der Waals surface area contributed by atoms with E-state index in [-0.39, 0.29) is 36.5 Å². The van der Waals surface area contributed by atoms with Crippen LogP contribution in [0.2, 0.25) is 0 Å². The van der Waals surface area contributed by atoms with E-state index in [9.17, 15) is 14.4 Å². The minimum atomic E-state index is -0.346. The second-order valence-electron chi connectivity index (χ2n) is 7.59. The van der Waals surface area contributed by atoms with Crippen molar-refractivity contribution < 1.29 is 19.1 Å². The summed E-state index contributed by atoms with van der Waals surface area (Å²) >= 11 is 0. The highest BCUT2D eigenvalue weighted by Crippen LogP contribution is 2.18. The van der Waals surface area contributed by atoms with Crippen LogP contribution in [0.3, 0.4) is 0 Å². The molecule has 0 radical (unpaired) electrons. The lowest BCUT2D eigenvalue weighted by atomic mass is 10.1. The zero-order valence-electron chi connectivity index (χ0n) is 18.4. The van der Waals surface area contributed by atoms with E-state index in [2.05, 4.69) is 20.9 Å². The molecule has 10 nitrogen and oxygen atoms in total. The summed E-state index contributed by atoms with van der Waals surface area (Å²) in [6.45, 7) is 3.04. The molecule has 0 saturated carbocycles. The molecule has 2 N–H and O–H groups in total. The minimum absolute atomic E-state index is 0.0619. The zero-order valence-corrected chi connectivity index (χ0v) is 18.4. The molecule has 170 valence electrons. The first-order valence-corrected chi connectivity index (χ1v) is 10.5. The Morgan fingerprint density at radius 1 is 1.18 bits per heavy atom. The highest BCUT2D eigenvalue weighted by atomic mass is 16.5. The summed E-state index contributed by atoms with van der Waals surface area (Å²) < 4.78 is 6.82. The normalized spacial score (nSPS) is 13.4. The van der Waals surface area contributed by atoms with Gasteiger partial charge in [-0.1, -0.05) is 23.4 Å². The van der Waals surface area contributed by atoms with Crippen LogP contribution in [0.1, 0.15) is 32.1 Å². The standard InChI is InChI=1S/C23H24N6O4/c1-15-21(26-27-29(15)18-4-3-5-19(12-18)33-2)22(31)25-13-16-6-8-17(9-7-16)23(32)28-11-10-24-20(30)14-28/h3-9,12H,10-11,13-14H2,1-2H3,(H,24,30)(H,25,31). The van der Waals surface area contributed by atoms with Crippen LogP contribution in [0, 0.1) is 6.92 Å². The lowest BCUT2D eigenvalue weighted by Gasteiger charge is -2.26. The average molecular weight is 448 g/mol. The number of nitrogens with zero attached hydrogens (tertiary/aromatic N) is 4. The van der Waals surface area contributed by atoms with Crippen LogP contribution in [0.5, 0.6) is 5.75 Å². The van der Waals surface area contributed by atoms with Crippen molar-refractivity contribution >= 4 is 17.7 Å². The molecule has 0 atom stereocenters. The topological polar surface area (TPSA) is 118 Å². The fourth-order valence-electron chi connectivity index (χ4n) is 3.55. The molecule has 0 aliphatic carbocycles. The number of carbonyl (C=O) groups is 3. The molecule has 33 heavy (non-hydrogen) atoms. The Morgan fingerprint density at radius 2 is 1.97 bits per heavy atom. The van der Waals surface area contributed by atoms with Crippen molar-refractivity contribution in [2.75, 3.05) is 26.7 Å². The molecule has 2 heterocycles. The summed E-state index contributed by atoms with van der Waals surface area (Å²) in [5, 5.41) is 13.7. The Balaban J connectivity index is 1.38. The molecule has 0 bridgehead atoms. The lowest BCUT2D eigenvalue weighted by Crippen LogP contribution is -2.49. The quantitative estimate of drug-likeness (QED) is 0.583. The monoisotopic (exact) mass is 448 g/mol. The molecule has 0 unspecified atom stereocenters. The third kappa shape index (κ3) is 4.84. The molecule has 1 fully saturated rings. The molecular weight excluding hydrogens is 424 g/mol. The Morgan fingerprint density at radius 3 is 2.70 bits per heavy atom. The number of aromatic nitrogens is 3. The summed E-state index contributed by atoms with van der Waals surface area (Å²) in [6.07, 6.45) is 0. The fraction of sp³-hybridized carbons (Fsp3) is 0.261. The van der Waals surface area contributed by atoms with Crippen LogP contribution in [0.15, 0.2) is 48.5 Å². The number of amides is 3. The van der Waals surface area contributed by atoms with Crippen molar-refractivity contribution in [3.63, 3.8) is 0 Å². The Kier molecular flexibility index (Phi) is 6.34. The third-order valence-electron chi connectivity index (χ3n) is 5.39. The minimum Gasteiger partial charge on any atom is -0.497 e. The molecular formula is C23H24N6O4. The summed E-state index contributed by atoms with van der Waals surface area (Å²) in [4.78, 5) is 38.2. The van der Waals surface area contributed by atoms with Gasteiger partial charge in [-0.2, -0.15) is 0 Å². The number of piperazine rings is 1. The van der Waals surface area contributed by atoms with Crippen molar-refractivity contribution in [1.82, 2.24) is 30.5 Å². The molecule has 1 aliphatic rings. The molecule has 1 aliphatic heterocycles. The van der Waals surface area contributed by atoms with Gasteiger partial charge in [0, 0.05) is 31.3 Å². The summed E-state index contributed by atoms with van der Waals surface area (Å²) in [7, 11) is 1.58. The molecule has 1 saturated heterocycles. The predicted molar refractivity (Wildman–Crippen MR) is 119 cm³/mol. The number of ether oxygens (including phenoxy) is 1. The second kappa shape index (κ2) is 9.51. The van der Waals surface area contributed by atoms with Gasteiger partial charge in [-0.15, -0.1) is 5.10 Å². The molecule has 1 aromatic heterocycles. The molecule has 3 aromatic rings. The first-order chi connectivity index (χ1) is 16.0. The van der Waals surface area contributed by atoms with E-state index in [0.717, 1.165) is 11.3 Å². The van der Waals surface area contributed by atoms with E-state index in [1.807, 2.05) is 24.3 Å². The van der Waals surface area contributed by atoms with Gasteiger partial charge < -0.3 is 20.3 Å². The number of carbonyl (C=O) groups excluding carboxylic acids is 3. The van der Waals surface area contributed by atoms with E-state index in [4.69, 9.17) is 4.74 Å². The number of benzene rings is 2. The second-order valence-corrected chi connectivity index (χ2v) is 7.59. The highest BCUT2D eigenvalue weighted by Gasteiger charge is 2.22. The molecule has 10 heteroatoms. The van der Waals surface area contributed by atoms with Gasteiger partial charge >= 0.3 is 0 Å². The average Bonchev–Trinajstić information content (AvgIpc) is 3.23. The van der Waals surface area contributed by atoms with Crippen molar-refractivity contribution in [3.8, 4) is 11.4 Å². The van der Waals surface area contributed by atoms with Crippen LogP contribution in [-0.4, -0.2) is 64.4 Å². The van der Waals surface area contributed by atoms with Crippen LogP contribution in [0.25, 0.3) is 5.69 Å². The van der Waals surface area contributed by atoms with Gasteiger partial charge in [0.15, 0.2) is 5.69 Å². The van der Waals surface area contributed by atoms with Crippen LogP contribution < -0.4 is 15.4 Å². The Labute approximate surface area is 190 Å². The number of hydrogen-bond acceptors (Lipinski definition) is 6.